The van der Waals surface area contributed by atoms with Crippen molar-refractivity contribution >= 4 is 17.7 Å². The monoisotopic (exact) mass is 417 g/mol. The Hall–Kier alpha value is -2.75. The first-order valence-electron chi connectivity index (χ1n) is 9.40. The lowest BCUT2D eigenvalue weighted by atomic mass is 10.1. The molecule has 0 saturated carbocycles. The Balaban J connectivity index is 1.23. The van der Waals surface area contributed by atoms with Gasteiger partial charge in [0.25, 0.3) is 5.22 Å². The van der Waals surface area contributed by atoms with E-state index in [0.29, 0.717) is 53.3 Å². The van der Waals surface area contributed by atoms with Crippen LogP contribution >= 0.6 is 11.8 Å². The van der Waals surface area contributed by atoms with E-state index in [-0.39, 0.29) is 11.7 Å². The summed E-state index contributed by atoms with van der Waals surface area (Å²) in [5.41, 5.74) is 1.16. The molecule has 1 aliphatic heterocycles. The highest BCUT2D eigenvalue weighted by molar-refractivity contribution is 7.99. The van der Waals surface area contributed by atoms with Gasteiger partial charge in [-0.25, -0.2) is 4.39 Å². The van der Waals surface area contributed by atoms with Gasteiger partial charge in [-0.3, -0.25) is 4.79 Å². The molecule has 0 spiro atoms. The third-order valence-corrected chi connectivity index (χ3v) is 5.51. The smallest absolute Gasteiger partial charge is 0.276 e. The molecule has 0 unspecified atom stereocenters. The normalized spacial score (nSPS) is 14.1. The van der Waals surface area contributed by atoms with E-state index in [4.69, 9.17) is 8.94 Å². The maximum atomic E-state index is 13.7. The van der Waals surface area contributed by atoms with Crippen molar-refractivity contribution < 1.29 is 18.1 Å². The van der Waals surface area contributed by atoms with Crippen molar-refractivity contribution in [3.8, 4) is 11.4 Å². The minimum absolute atomic E-state index is 0.129. The van der Waals surface area contributed by atoms with Crippen LogP contribution in [0.3, 0.4) is 0 Å². The minimum Gasteiger partial charge on any atom is -0.414 e. The number of carbonyl (C=O) groups is 1. The summed E-state index contributed by atoms with van der Waals surface area (Å²) in [7, 11) is 0. The number of likely N-dealkylation sites (tertiary alicyclic amines) is 1. The average molecular weight is 417 g/mol. The number of amides is 1. The standard InChI is InChI=1S/C19H20FN5O3S/c1-12-6-7-13(10-14(12)20)18-21-15(28-24-18)4-3-9-29-19-23-22-16(27-19)11-25-8-2-5-17(25)26/h6-7,10H,2-5,8-9,11H2,1H3. The number of benzene rings is 1. The molecule has 0 atom stereocenters. The van der Waals surface area contributed by atoms with Gasteiger partial charge in [-0.1, -0.05) is 29.1 Å². The van der Waals surface area contributed by atoms with Crippen molar-refractivity contribution in [3.05, 3.63) is 41.4 Å². The van der Waals surface area contributed by atoms with Crippen LogP contribution in [0, 0.1) is 12.7 Å². The van der Waals surface area contributed by atoms with Crippen LogP contribution in [0.25, 0.3) is 11.4 Å². The number of halogens is 1. The summed E-state index contributed by atoms with van der Waals surface area (Å²) < 4.78 is 24.5. The highest BCUT2D eigenvalue weighted by Crippen LogP contribution is 2.22. The van der Waals surface area contributed by atoms with E-state index in [0.717, 1.165) is 25.1 Å². The molecule has 1 saturated heterocycles. The molecule has 0 radical (unpaired) electrons. The lowest BCUT2D eigenvalue weighted by Gasteiger charge is -2.11. The van der Waals surface area contributed by atoms with Crippen molar-refractivity contribution in [2.45, 2.75) is 44.4 Å². The van der Waals surface area contributed by atoms with Gasteiger partial charge in [0.15, 0.2) is 0 Å². The van der Waals surface area contributed by atoms with Crippen molar-refractivity contribution in [3.63, 3.8) is 0 Å². The van der Waals surface area contributed by atoms with Gasteiger partial charge in [0, 0.05) is 30.7 Å². The molecular weight excluding hydrogens is 397 g/mol. The van der Waals surface area contributed by atoms with Crippen LogP contribution in [-0.2, 0) is 17.8 Å². The summed E-state index contributed by atoms with van der Waals surface area (Å²) in [6, 6.07) is 4.87. The molecule has 29 heavy (non-hydrogen) atoms. The van der Waals surface area contributed by atoms with Crippen LogP contribution in [0.15, 0.2) is 32.4 Å². The number of hydrogen-bond donors (Lipinski definition) is 0. The van der Waals surface area contributed by atoms with E-state index in [2.05, 4.69) is 20.3 Å². The molecule has 1 fully saturated rings. The first-order chi connectivity index (χ1) is 14.1. The third-order valence-electron chi connectivity index (χ3n) is 4.60. The molecule has 2 aromatic heterocycles. The zero-order valence-corrected chi connectivity index (χ0v) is 16.7. The second kappa shape index (κ2) is 8.73. The van der Waals surface area contributed by atoms with E-state index in [1.807, 2.05) is 0 Å². The predicted molar refractivity (Wildman–Crippen MR) is 102 cm³/mol. The van der Waals surface area contributed by atoms with Crippen LogP contribution < -0.4 is 0 Å². The zero-order chi connectivity index (χ0) is 20.2. The maximum Gasteiger partial charge on any atom is 0.276 e. The summed E-state index contributed by atoms with van der Waals surface area (Å²) in [5, 5.41) is 12.4. The Morgan fingerprint density at radius 3 is 2.97 bits per heavy atom. The lowest BCUT2D eigenvalue weighted by molar-refractivity contribution is -0.128. The van der Waals surface area contributed by atoms with Crippen molar-refractivity contribution in [1.29, 1.82) is 0 Å². The molecule has 0 bridgehead atoms. The SMILES string of the molecule is Cc1ccc(-c2noc(CCCSc3nnc(CN4CCCC4=O)o3)n2)cc1F. The molecule has 8 nitrogen and oxygen atoms in total. The lowest BCUT2D eigenvalue weighted by Crippen LogP contribution is -2.23. The molecule has 1 amide bonds. The molecule has 1 aromatic carbocycles. The highest BCUT2D eigenvalue weighted by atomic mass is 32.2. The number of hydrogen-bond acceptors (Lipinski definition) is 8. The van der Waals surface area contributed by atoms with Crippen LogP contribution in [-0.4, -0.2) is 43.4 Å². The second-order valence-corrected chi connectivity index (χ2v) is 7.85. The van der Waals surface area contributed by atoms with E-state index < -0.39 is 0 Å². The Labute approximate surface area is 170 Å². The number of aryl methyl sites for hydroxylation is 2. The predicted octanol–water partition coefficient (Wildman–Crippen LogP) is 3.41. The molecule has 0 N–H and O–H groups in total. The van der Waals surface area contributed by atoms with Gasteiger partial charge in [-0.05, 0) is 31.4 Å². The molecule has 0 aliphatic carbocycles. The van der Waals surface area contributed by atoms with Gasteiger partial charge in [0.05, 0.1) is 6.54 Å². The molecule has 3 heterocycles. The average Bonchev–Trinajstić information content (AvgIpc) is 3.44. The number of nitrogens with zero attached hydrogens (tertiary/aromatic N) is 5. The van der Waals surface area contributed by atoms with Gasteiger partial charge >= 0.3 is 0 Å². The number of carbonyl (C=O) groups excluding carboxylic acids is 1. The molecule has 152 valence electrons. The number of thioether (sulfide) groups is 1. The van der Waals surface area contributed by atoms with Crippen LogP contribution in [0.4, 0.5) is 4.39 Å². The van der Waals surface area contributed by atoms with Gasteiger partial charge < -0.3 is 13.8 Å². The van der Waals surface area contributed by atoms with Crippen molar-refractivity contribution in [1.82, 2.24) is 25.2 Å². The van der Waals surface area contributed by atoms with E-state index in [1.165, 1.54) is 17.8 Å². The van der Waals surface area contributed by atoms with Gasteiger partial charge in [-0.2, -0.15) is 4.98 Å². The third kappa shape index (κ3) is 4.81. The quantitative estimate of drug-likeness (QED) is 0.406. The van der Waals surface area contributed by atoms with Gasteiger partial charge in [0.1, 0.15) is 5.82 Å². The Bertz CT molecular complexity index is 1010. The fraction of sp³-hybridized carbons (Fsp3) is 0.421. The van der Waals surface area contributed by atoms with Gasteiger partial charge in [0.2, 0.25) is 23.5 Å². The Kier molecular flexibility index (Phi) is 5.89. The highest BCUT2D eigenvalue weighted by Gasteiger charge is 2.22. The summed E-state index contributed by atoms with van der Waals surface area (Å²) in [6.45, 7) is 2.82. The zero-order valence-electron chi connectivity index (χ0n) is 15.9. The summed E-state index contributed by atoms with van der Waals surface area (Å²) in [6.07, 6.45) is 2.84. The fourth-order valence-corrected chi connectivity index (χ4v) is 3.70. The van der Waals surface area contributed by atoms with Crippen molar-refractivity contribution in [2.24, 2.45) is 0 Å². The van der Waals surface area contributed by atoms with Crippen molar-refractivity contribution in [2.75, 3.05) is 12.3 Å². The fourth-order valence-electron chi connectivity index (χ4n) is 2.98. The second-order valence-electron chi connectivity index (χ2n) is 6.81. The summed E-state index contributed by atoms with van der Waals surface area (Å²) >= 11 is 1.44. The van der Waals surface area contributed by atoms with E-state index >= 15 is 0 Å². The number of rotatable bonds is 8. The maximum absolute atomic E-state index is 13.7. The molecule has 1 aliphatic rings. The first kappa shape index (κ1) is 19.6. The Morgan fingerprint density at radius 1 is 1.28 bits per heavy atom. The van der Waals surface area contributed by atoms with E-state index in [1.54, 1.807) is 24.0 Å². The van der Waals surface area contributed by atoms with Gasteiger partial charge in [-0.15, -0.1) is 10.2 Å². The summed E-state index contributed by atoms with van der Waals surface area (Å²) in [4.78, 5) is 17.7. The largest absolute Gasteiger partial charge is 0.414 e. The molecule has 3 aromatic rings. The molecular formula is C19H20FN5O3S. The molecule has 10 heteroatoms. The Morgan fingerprint density at radius 2 is 2.17 bits per heavy atom. The van der Waals surface area contributed by atoms with E-state index in [9.17, 15) is 9.18 Å². The van der Waals surface area contributed by atoms with Crippen LogP contribution in [0.2, 0.25) is 0 Å². The number of aromatic nitrogens is 4. The van der Waals surface area contributed by atoms with Crippen LogP contribution in [0.1, 0.15) is 36.6 Å². The topological polar surface area (TPSA) is 98.2 Å². The molecule has 4 rings (SSSR count). The minimum atomic E-state index is -0.293. The van der Waals surface area contributed by atoms with Crippen LogP contribution in [0.5, 0.6) is 0 Å². The first-order valence-corrected chi connectivity index (χ1v) is 10.4. The summed E-state index contributed by atoms with van der Waals surface area (Å²) in [5.74, 6) is 1.91.